The summed E-state index contributed by atoms with van der Waals surface area (Å²) in [5.74, 6) is 0.957. The summed E-state index contributed by atoms with van der Waals surface area (Å²) in [6, 6.07) is 5.87. The fraction of sp³-hybridized carbons (Fsp3) is 0.471. The molecule has 2 aliphatic rings. The predicted octanol–water partition coefficient (Wildman–Crippen LogP) is 3.79. The molecule has 1 aromatic carbocycles. The second-order valence-electron chi connectivity index (χ2n) is 6.11. The van der Waals surface area contributed by atoms with Crippen molar-refractivity contribution in [1.82, 2.24) is 9.88 Å². The minimum absolute atomic E-state index is 0.715. The zero-order valence-electron chi connectivity index (χ0n) is 13.0. The van der Waals surface area contributed by atoms with Crippen LogP contribution in [0.4, 0.5) is 5.13 Å². The summed E-state index contributed by atoms with van der Waals surface area (Å²) in [5.41, 5.74) is 1.17. The standard InChI is InChI=1S/C17H20ClN3OS/c18-14-3-4-16-13(9-14)11-20(7-8-22-16)12-15-10-19-17(23-15)21-5-1-2-6-21/h3-4,9-10H,1-2,5-8,11-12H2. The Morgan fingerprint density at radius 2 is 2.09 bits per heavy atom. The molecule has 122 valence electrons. The lowest BCUT2D eigenvalue weighted by molar-refractivity contribution is 0.221. The van der Waals surface area contributed by atoms with Crippen molar-refractivity contribution in [3.05, 3.63) is 39.9 Å². The van der Waals surface area contributed by atoms with Gasteiger partial charge in [-0.25, -0.2) is 4.98 Å². The average Bonchev–Trinajstić information content (AvgIpc) is 3.16. The van der Waals surface area contributed by atoms with Crippen LogP contribution in [0.3, 0.4) is 0 Å². The van der Waals surface area contributed by atoms with E-state index in [1.54, 1.807) is 0 Å². The first-order chi connectivity index (χ1) is 11.3. The number of fused-ring (bicyclic) bond motifs is 1. The molecule has 0 atom stereocenters. The number of aromatic nitrogens is 1. The average molecular weight is 350 g/mol. The normalized spacial score (nSPS) is 18.6. The third-order valence-electron chi connectivity index (χ3n) is 4.38. The minimum atomic E-state index is 0.715. The van der Waals surface area contributed by atoms with E-state index in [-0.39, 0.29) is 0 Å². The number of halogens is 1. The molecular weight excluding hydrogens is 330 g/mol. The molecule has 4 nitrogen and oxygen atoms in total. The number of anilines is 1. The number of hydrogen-bond donors (Lipinski definition) is 0. The quantitative estimate of drug-likeness (QED) is 0.843. The molecule has 1 fully saturated rings. The number of ether oxygens (including phenoxy) is 1. The van der Waals surface area contributed by atoms with Crippen molar-refractivity contribution in [2.45, 2.75) is 25.9 Å². The van der Waals surface area contributed by atoms with Gasteiger partial charge in [0.2, 0.25) is 0 Å². The molecular formula is C17H20ClN3OS. The van der Waals surface area contributed by atoms with Gasteiger partial charge in [-0.15, -0.1) is 11.3 Å². The first kappa shape index (κ1) is 15.2. The van der Waals surface area contributed by atoms with Crippen molar-refractivity contribution in [2.24, 2.45) is 0 Å². The highest BCUT2D eigenvalue weighted by molar-refractivity contribution is 7.15. The van der Waals surface area contributed by atoms with E-state index in [2.05, 4.69) is 14.8 Å². The van der Waals surface area contributed by atoms with Gasteiger partial charge in [-0.05, 0) is 31.0 Å². The molecule has 0 aliphatic carbocycles. The summed E-state index contributed by atoms with van der Waals surface area (Å²) < 4.78 is 5.84. The zero-order chi connectivity index (χ0) is 15.6. The largest absolute Gasteiger partial charge is 0.492 e. The molecule has 0 bridgehead atoms. The van der Waals surface area contributed by atoms with Gasteiger partial charge >= 0.3 is 0 Å². The summed E-state index contributed by atoms with van der Waals surface area (Å²) >= 11 is 7.95. The second kappa shape index (κ2) is 6.67. The Kier molecular flexibility index (Phi) is 4.42. The summed E-state index contributed by atoms with van der Waals surface area (Å²) in [7, 11) is 0. The van der Waals surface area contributed by atoms with Crippen molar-refractivity contribution < 1.29 is 4.74 Å². The topological polar surface area (TPSA) is 28.6 Å². The molecule has 0 spiro atoms. The van der Waals surface area contributed by atoms with Crippen LogP contribution in [0, 0.1) is 0 Å². The number of hydrogen-bond acceptors (Lipinski definition) is 5. The van der Waals surface area contributed by atoms with Crippen LogP contribution in [0.2, 0.25) is 5.02 Å². The molecule has 2 aliphatic heterocycles. The lowest BCUT2D eigenvalue weighted by Gasteiger charge is -2.18. The summed E-state index contributed by atoms with van der Waals surface area (Å²) in [6.07, 6.45) is 4.61. The molecule has 4 rings (SSSR count). The summed E-state index contributed by atoms with van der Waals surface area (Å²) in [5, 5.41) is 1.94. The minimum Gasteiger partial charge on any atom is -0.492 e. The molecule has 3 heterocycles. The van der Waals surface area contributed by atoms with Crippen LogP contribution in [-0.2, 0) is 13.1 Å². The highest BCUT2D eigenvalue weighted by Gasteiger charge is 2.19. The summed E-state index contributed by atoms with van der Waals surface area (Å²) in [4.78, 5) is 10.7. The zero-order valence-corrected chi connectivity index (χ0v) is 14.6. The molecule has 0 unspecified atom stereocenters. The highest BCUT2D eigenvalue weighted by atomic mass is 35.5. The third kappa shape index (κ3) is 3.47. The number of nitrogens with zero attached hydrogens (tertiary/aromatic N) is 3. The SMILES string of the molecule is Clc1ccc2c(c1)CN(Cc1cnc(N3CCCC3)s1)CCO2. The van der Waals surface area contributed by atoms with Gasteiger partial charge in [-0.3, -0.25) is 4.90 Å². The van der Waals surface area contributed by atoms with Gasteiger partial charge in [-0.1, -0.05) is 11.6 Å². The van der Waals surface area contributed by atoms with Crippen molar-refractivity contribution in [3.63, 3.8) is 0 Å². The van der Waals surface area contributed by atoms with Crippen molar-refractivity contribution in [2.75, 3.05) is 31.1 Å². The Morgan fingerprint density at radius 3 is 2.96 bits per heavy atom. The Bertz CT molecular complexity index is 684. The van der Waals surface area contributed by atoms with E-state index in [9.17, 15) is 0 Å². The van der Waals surface area contributed by atoms with E-state index in [1.807, 2.05) is 35.7 Å². The maximum atomic E-state index is 6.13. The van der Waals surface area contributed by atoms with Gasteiger partial charge in [0.25, 0.3) is 0 Å². The highest BCUT2D eigenvalue weighted by Crippen LogP contribution is 2.29. The Labute approximate surface area is 145 Å². The Morgan fingerprint density at radius 1 is 1.22 bits per heavy atom. The molecule has 0 N–H and O–H groups in total. The lowest BCUT2D eigenvalue weighted by Crippen LogP contribution is -2.24. The fourth-order valence-corrected chi connectivity index (χ4v) is 4.40. The van der Waals surface area contributed by atoms with Gasteiger partial charge < -0.3 is 9.64 Å². The van der Waals surface area contributed by atoms with Crippen LogP contribution in [-0.4, -0.2) is 36.1 Å². The predicted molar refractivity (Wildman–Crippen MR) is 94.6 cm³/mol. The molecule has 1 aromatic heterocycles. The van der Waals surface area contributed by atoms with E-state index in [0.717, 1.165) is 43.5 Å². The first-order valence-electron chi connectivity index (χ1n) is 8.11. The van der Waals surface area contributed by atoms with Crippen LogP contribution in [0.5, 0.6) is 5.75 Å². The van der Waals surface area contributed by atoms with Gasteiger partial charge in [-0.2, -0.15) is 0 Å². The molecule has 6 heteroatoms. The smallest absolute Gasteiger partial charge is 0.185 e. The first-order valence-corrected chi connectivity index (χ1v) is 9.30. The van der Waals surface area contributed by atoms with Crippen LogP contribution in [0.1, 0.15) is 23.3 Å². The van der Waals surface area contributed by atoms with Crippen molar-refractivity contribution in [3.8, 4) is 5.75 Å². The number of rotatable bonds is 3. The van der Waals surface area contributed by atoms with Crippen molar-refractivity contribution >= 4 is 28.1 Å². The number of thiazole rings is 1. The molecule has 23 heavy (non-hydrogen) atoms. The van der Waals surface area contributed by atoms with E-state index in [4.69, 9.17) is 16.3 Å². The van der Waals surface area contributed by atoms with Crippen LogP contribution in [0.25, 0.3) is 0 Å². The van der Waals surface area contributed by atoms with E-state index in [0.29, 0.717) is 6.61 Å². The molecule has 0 amide bonds. The Balaban J connectivity index is 1.46. The second-order valence-corrected chi connectivity index (χ2v) is 7.64. The van der Waals surface area contributed by atoms with E-state index < -0.39 is 0 Å². The maximum absolute atomic E-state index is 6.13. The van der Waals surface area contributed by atoms with Gasteiger partial charge in [0.05, 0.1) is 0 Å². The van der Waals surface area contributed by atoms with E-state index >= 15 is 0 Å². The van der Waals surface area contributed by atoms with Gasteiger partial charge in [0, 0.05) is 54.4 Å². The monoisotopic (exact) mass is 349 g/mol. The summed E-state index contributed by atoms with van der Waals surface area (Å²) in [6.45, 7) is 5.72. The Hall–Kier alpha value is -1.30. The van der Waals surface area contributed by atoms with Crippen LogP contribution >= 0.6 is 22.9 Å². The fourth-order valence-electron chi connectivity index (χ4n) is 3.20. The van der Waals surface area contributed by atoms with E-state index in [1.165, 1.54) is 28.4 Å². The molecule has 0 saturated carbocycles. The molecule has 1 saturated heterocycles. The van der Waals surface area contributed by atoms with Crippen molar-refractivity contribution in [1.29, 1.82) is 0 Å². The lowest BCUT2D eigenvalue weighted by atomic mass is 10.2. The number of benzene rings is 1. The molecule has 0 radical (unpaired) electrons. The molecule has 2 aromatic rings. The van der Waals surface area contributed by atoms with Crippen LogP contribution < -0.4 is 9.64 Å². The van der Waals surface area contributed by atoms with Gasteiger partial charge in [0.1, 0.15) is 12.4 Å². The van der Waals surface area contributed by atoms with Crippen LogP contribution in [0.15, 0.2) is 24.4 Å². The maximum Gasteiger partial charge on any atom is 0.185 e. The van der Waals surface area contributed by atoms with Gasteiger partial charge in [0.15, 0.2) is 5.13 Å². The third-order valence-corrected chi connectivity index (χ3v) is 5.66.